The number of hydrogen-bond donors (Lipinski definition) is 0. The highest BCUT2D eigenvalue weighted by Gasteiger charge is 2.42. The maximum absolute atomic E-state index is 12.6. The minimum atomic E-state index is -0.197. The Bertz CT molecular complexity index is 376. The third-order valence-corrected chi connectivity index (χ3v) is 4.13. The highest BCUT2D eigenvalue weighted by molar-refractivity contribution is 7.99. The van der Waals surface area contributed by atoms with Gasteiger partial charge in [0.05, 0.1) is 6.07 Å². The number of rotatable bonds is 4. The van der Waals surface area contributed by atoms with Gasteiger partial charge in [-0.15, -0.1) is 11.8 Å². The molecule has 0 aliphatic heterocycles. The third-order valence-electron chi connectivity index (χ3n) is 2.77. The summed E-state index contributed by atoms with van der Waals surface area (Å²) in [6.07, 6.45) is 2.98. The van der Waals surface area contributed by atoms with Crippen LogP contribution in [0.3, 0.4) is 0 Å². The maximum Gasteiger partial charge on any atom is 0.123 e. The Morgan fingerprint density at radius 3 is 2.53 bits per heavy atom. The second-order valence-corrected chi connectivity index (χ2v) is 5.13. The molecule has 1 fully saturated rings. The second kappa shape index (κ2) is 4.24. The van der Waals surface area contributed by atoms with E-state index in [1.54, 1.807) is 23.9 Å². The lowest BCUT2D eigenvalue weighted by Crippen LogP contribution is -2.02. The zero-order valence-corrected chi connectivity index (χ0v) is 9.19. The average molecular weight is 221 g/mol. The van der Waals surface area contributed by atoms with Crippen molar-refractivity contribution in [1.29, 1.82) is 5.26 Å². The van der Waals surface area contributed by atoms with E-state index in [2.05, 4.69) is 6.07 Å². The molecule has 78 valence electrons. The van der Waals surface area contributed by atoms with E-state index in [1.807, 2.05) is 0 Å². The predicted octanol–water partition coefficient (Wildman–Crippen LogP) is 3.61. The van der Waals surface area contributed by atoms with Gasteiger partial charge in [-0.3, -0.25) is 0 Å². The van der Waals surface area contributed by atoms with Crippen LogP contribution in [0.2, 0.25) is 0 Å². The predicted molar refractivity (Wildman–Crippen MR) is 59.0 cm³/mol. The van der Waals surface area contributed by atoms with Crippen molar-refractivity contribution in [3.05, 3.63) is 30.1 Å². The summed E-state index contributed by atoms with van der Waals surface area (Å²) >= 11 is 1.72. The summed E-state index contributed by atoms with van der Waals surface area (Å²) in [5, 5.41) is 8.67. The first-order valence-electron chi connectivity index (χ1n) is 4.99. The van der Waals surface area contributed by atoms with Crippen LogP contribution in [0.25, 0.3) is 0 Å². The minimum absolute atomic E-state index is 0.197. The molecule has 2 rings (SSSR count). The van der Waals surface area contributed by atoms with Gasteiger partial charge in [-0.25, -0.2) is 4.39 Å². The van der Waals surface area contributed by atoms with Gasteiger partial charge < -0.3 is 0 Å². The smallest absolute Gasteiger partial charge is 0.123 e. The summed E-state index contributed by atoms with van der Waals surface area (Å²) in [4.78, 5) is 1.08. The van der Waals surface area contributed by atoms with Crippen molar-refractivity contribution >= 4 is 11.8 Å². The van der Waals surface area contributed by atoms with Crippen molar-refractivity contribution in [3.63, 3.8) is 0 Å². The zero-order chi connectivity index (χ0) is 10.7. The molecule has 1 nitrogen and oxygen atoms in total. The molecule has 0 atom stereocenters. The molecule has 0 amide bonds. The summed E-state index contributed by atoms with van der Waals surface area (Å²) in [5.41, 5.74) is 0.258. The van der Waals surface area contributed by atoms with Gasteiger partial charge in [0.1, 0.15) is 5.82 Å². The molecule has 0 aromatic heterocycles. The van der Waals surface area contributed by atoms with E-state index >= 15 is 0 Å². The van der Waals surface area contributed by atoms with Gasteiger partial charge in [0.25, 0.3) is 0 Å². The molecule has 3 heteroatoms. The number of nitriles is 1. The lowest BCUT2D eigenvalue weighted by Gasteiger charge is -2.09. The Balaban J connectivity index is 1.88. The highest BCUT2D eigenvalue weighted by Crippen LogP contribution is 2.51. The first-order valence-corrected chi connectivity index (χ1v) is 5.98. The van der Waals surface area contributed by atoms with Gasteiger partial charge in [0.15, 0.2) is 0 Å². The molecule has 1 saturated carbocycles. The molecule has 15 heavy (non-hydrogen) atoms. The first kappa shape index (κ1) is 10.5. The van der Waals surface area contributed by atoms with E-state index in [1.165, 1.54) is 12.1 Å². The zero-order valence-electron chi connectivity index (χ0n) is 8.37. The van der Waals surface area contributed by atoms with Crippen molar-refractivity contribution in [1.82, 2.24) is 0 Å². The minimum Gasteiger partial charge on any atom is -0.207 e. The SMILES string of the molecule is N#CCC1(CSc2ccc(F)cc2)CC1. The van der Waals surface area contributed by atoms with E-state index < -0.39 is 0 Å². The Labute approximate surface area is 93.3 Å². The quantitative estimate of drug-likeness (QED) is 0.725. The third kappa shape index (κ3) is 2.73. The number of halogens is 1. The molecule has 0 heterocycles. The fourth-order valence-corrected chi connectivity index (χ4v) is 2.68. The lowest BCUT2D eigenvalue weighted by molar-refractivity contribution is 0.604. The number of hydrogen-bond acceptors (Lipinski definition) is 2. The number of nitrogens with zero attached hydrogens (tertiary/aromatic N) is 1. The van der Waals surface area contributed by atoms with Crippen molar-refractivity contribution in [3.8, 4) is 6.07 Å². The topological polar surface area (TPSA) is 23.8 Å². The van der Waals surface area contributed by atoms with E-state index in [-0.39, 0.29) is 11.2 Å². The molecule has 0 saturated heterocycles. The molecule has 1 aliphatic rings. The molecule has 0 N–H and O–H groups in total. The van der Waals surface area contributed by atoms with Gasteiger partial charge in [-0.05, 0) is 42.5 Å². The number of thioether (sulfide) groups is 1. The van der Waals surface area contributed by atoms with Crippen LogP contribution in [0.15, 0.2) is 29.2 Å². The van der Waals surface area contributed by atoms with Gasteiger partial charge in [0, 0.05) is 17.1 Å². The molecular formula is C12H12FNS. The number of benzene rings is 1. The molecule has 1 aromatic carbocycles. The van der Waals surface area contributed by atoms with Gasteiger partial charge in [-0.1, -0.05) is 0 Å². The van der Waals surface area contributed by atoms with E-state index in [0.29, 0.717) is 6.42 Å². The van der Waals surface area contributed by atoms with Crippen molar-refractivity contribution < 1.29 is 4.39 Å². The standard InChI is InChI=1S/C12H12FNS/c13-10-1-3-11(4-2-10)15-9-12(5-6-12)7-8-14/h1-4H,5-7,9H2. The van der Waals surface area contributed by atoms with E-state index in [4.69, 9.17) is 5.26 Å². The second-order valence-electron chi connectivity index (χ2n) is 4.08. The van der Waals surface area contributed by atoms with Crippen molar-refractivity contribution in [2.24, 2.45) is 5.41 Å². The van der Waals surface area contributed by atoms with Crippen LogP contribution in [0.5, 0.6) is 0 Å². The van der Waals surface area contributed by atoms with Crippen LogP contribution in [-0.2, 0) is 0 Å². The molecule has 1 aromatic rings. The van der Waals surface area contributed by atoms with E-state index in [9.17, 15) is 4.39 Å². The molecular weight excluding hydrogens is 209 g/mol. The van der Waals surface area contributed by atoms with Crippen molar-refractivity contribution in [2.75, 3.05) is 5.75 Å². The summed E-state index contributed by atoms with van der Waals surface area (Å²) in [6, 6.07) is 8.79. The summed E-state index contributed by atoms with van der Waals surface area (Å²) in [7, 11) is 0. The first-order chi connectivity index (χ1) is 7.24. The van der Waals surface area contributed by atoms with Crippen LogP contribution in [0.4, 0.5) is 4.39 Å². The van der Waals surface area contributed by atoms with Gasteiger partial charge >= 0.3 is 0 Å². The van der Waals surface area contributed by atoms with E-state index in [0.717, 1.165) is 23.5 Å². The summed E-state index contributed by atoms with van der Waals surface area (Å²) in [5.74, 6) is 0.782. The summed E-state index contributed by atoms with van der Waals surface area (Å²) in [6.45, 7) is 0. The van der Waals surface area contributed by atoms with Gasteiger partial charge in [0.2, 0.25) is 0 Å². The highest BCUT2D eigenvalue weighted by atomic mass is 32.2. The van der Waals surface area contributed by atoms with Crippen molar-refractivity contribution in [2.45, 2.75) is 24.2 Å². The molecule has 0 spiro atoms. The monoisotopic (exact) mass is 221 g/mol. The fourth-order valence-electron chi connectivity index (χ4n) is 1.48. The molecule has 0 radical (unpaired) electrons. The maximum atomic E-state index is 12.6. The molecule has 0 bridgehead atoms. The fraction of sp³-hybridized carbons (Fsp3) is 0.417. The van der Waals surface area contributed by atoms with Crippen LogP contribution in [-0.4, -0.2) is 5.75 Å². The Kier molecular flexibility index (Phi) is 2.97. The average Bonchev–Trinajstić information content (AvgIpc) is 2.99. The normalized spacial score (nSPS) is 17.1. The molecule has 1 aliphatic carbocycles. The van der Waals surface area contributed by atoms with Gasteiger partial charge in [-0.2, -0.15) is 5.26 Å². The Hall–Kier alpha value is -1.01. The lowest BCUT2D eigenvalue weighted by atomic mass is 10.1. The Morgan fingerprint density at radius 1 is 1.33 bits per heavy atom. The van der Waals surface area contributed by atoms with Crippen LogP contribution < -0.4 is 0 Å². The summed E-state index contributed by atoms with van der Waals surface area (Å²) < 4.78 is 12.6. The largest absolute Gasteiger partial charge is 0.207 e. The van der Waals surface area contributed by atoms with Crippen LogP contribution >= 0.6 is 11.8 Å². The van der Waals surface area contributed by atoms with Crippen LogP contribution in [0.1, 0.15) is 19.3 Å². The molecule has 0 unspecified atom stereocenters. The van der Waals surface area contributed by atoms with Crippen LogP contribution in [0, 0.1) is 22.6 Å². The Morgan fingerprint density at radius 2 is 2.00 bits per heavy atom.